The summed E-state index contributed by atoms with van der Waals surface area (Å²) in [5.41, 5.74) is 1.45. The smallest absolute Gasteiger partial charge is 0.273 e. The number of benzene rings is 1. The highest BCUT2D eigenvalue weighted by Gasteiger charge is 2.27. The molecular formula is C24H29FN4O2S. The molecule has 8 heteroatoms. The van der Waals surface area contributed by atoms with E-state index in [0.29, 0.717) is 48.3 Å². The molecule has 0 atom stereocenters. The van der Waals surface area contributed by atoms with Crippen molar-refractivity contribution in [3.05, 3.63) is 57.4 Å². The molecule has 1 aliphatic heterocycles. The summed E-state index contributed by atoms with van der Waals surface area (Å²) in [5.74, 6) is 0.981. The van der Waals surface area contributed by atoms with Gasteiger partial charge >= 0.3 is 0 Å². The van der Waals surface area contributed by atoms with Crippen molar-refractivity contribution in [1.29, 1.82) is 0 Å². The molecule has 0 unspecified atom stereocenters. The van der Waals surface area contributed by atoms with E-state index in [4.69, 9.17) is 4.98 Å². The molecule has 1 fully saturated rings. The van der Waals surface area contributed by atoms with Crippen LogP contribution in [0, 0.1) is 17.7 Å². The molecule has 1 aliphatic rings. The van der Waals surface area contributed by atoms with Gasteiger partial charge in [0.25, 0.3) is 5.56 Å². The summed E-state index contributed by atoms with van der Waals surface area (Å²) in [5, 5.41) is 4.93. The number of carbonyl (C=O) groups excluding carboxylic acids is 1. The molecule has 0 radical (unpaired) electrons. The van der Waals surface area contributed by atoms with E-state index >= 15 is 0 Å². The lowest BCUT2D eigenvalue weighted by Gasteiger charge is -2.33. The van der Waals surface area contributed by atoms with Gasteiger partial charge in [0.1, 0.15) is 10.5 Å². The average molecular weight is 457 g/mol. The molecule has 1 N–H and O–H groups in total. The van der Waals surface area contributed by atoms with Gasteiger partial charge in [-0.1, -0.05) is 26.0 Å². The first-order valence-corrected chi connectivity index (χ1v) is 12.1. The zero-order valence-electron chi connectivity index (χ0n) is 18.5. The van der Waals surface area contributed by atoms with E-state index in [-0.39, 0.29) is 23.2 Å². The van der Waals surface area contributed by atoms with Crippen molar-refractivity contribution in [3.63, 3.8) is 0 Å². The highest BCUT2D eigenvalue weighted by Crippen LogP contribution is 2.25. The summed E-state index contributed by atoms with van der Waals surface area (Å²) in [7, 11) is 0. The summed E-state index contributed by atoms with van der Waals surface area (Å²) in [4.78, 5) is 32.7. The summed E-state index contributed by atoms with van der Waals surface area (Å²) in [6, 6.07) is 8.05. The molecule has 3 aromatic rings. The minimum absolute atomic E-state index is 0.0134. The maximum absolute atomic E-state index is 13.3. The molecule has 3 heterocycles. The minimum Gasteiger partial charge on any atom is -0.356 e. The number of halogens is 1. The molecule has 1 aromatic carbocycles. The molecule has 32 heavy (non-hydrogen) atoms. The Balaban J connectivity index is 1.53. The fourth-order valence-corrected chi connectivity index (χ4v) is 4.84. The van der Waals surface area contributed by atoms with E-state index in [9.17, 15) is 14.0 Å². The van der Waals surface area contributed by atoms with Crippen LogP contribution in [0.4, 0.5) is 10.3 Å². The Bertz CT molecular complexity index is 1130. The number of hydrogen-bond donors (Lipinski definition) is 1. The lowest BCUT2D eigenvalue weighted by molar-refractivity contribution is -0.125. The molecule has 0 saturated carbocycles. The monoisotopic (exact) mass is 456 g/mol. The zero-order chi connectivity index (χ0) is 22.7. The number of aromatic nitrogens is 2. The van der Waals surface area contributed by atoms with Crippen molar-refractivity contribution >= 4 is 33.4 Å². The van der Waals surface area contributed by atoms with Crippen LogP contribution in [0.3, 0.4) is 0 Å². The minimum atomic E-state index is -0.304. The van der Waals surface area contributed by atoms with Gasteiger partial charge in [0.2, 0.25) is 11.9 Å². The van der Waals surface area contributed by atoms with E-state index in [0.717, 1.165) is 24.8 Å². The topological polar surface area (TPSA) is 67.2 Å². The van der Waals surface area contributed by atoms with E-state index in [2.05, 4.69) is 24.1 Å². The van der Waals surface area contributed by atoms with Crippen LogP contribution < -0.4 is 15.8 Å². The molecule has 1 saturated heterocycles. The Morgan fingerprint density at radius 1 is 1.22 bits per heavy atom. The van der Waals surface area contributed by atoms with Crippen LogP contribution in [0.25, 0.3) is 10.2 Å². The van der Waals surface area contributed by atoms with Crippen molar-refractivity contribution in [2.45, 2.75) is 39.7 Å². The fraction of sp³-hybridized carbons (Fsp3) is 0.458. The molecule has 0 bridgehead atoms. The first-order chi connectivity index (χ1) is 15.4. The van der Waals surface area contributed by atoms with Crippen LogP contribution in [0.15, 0.2) is 40.5 Å². The Hall–Kier alpha value is -2.74. The number of anilines is 1. The lowest BCUT2D eigenvalue weighted by atomic mass is 9.96. The second kappa shape index (κ2) is 9.81. The van der Waals surface area contributed by atoms with Crippen LogP contribution in [-0.2, 0) is 11.3 Å². The quantitative estimate of drug-likeness (QED) is 0.583. The van der Waals surface area contributed by atoms with Crippen molar-refractivity contribution in [3.8, 4) is 0 Å². The maximum atomic E-state index is 13.3. The Morgan fingerprint density at radius 2 is 1.94 bits per heavy atom. The largest absolute Gasteiger partial charge is 0.356 e. The van der Waals surface area contributed by atoms with Crippen molar-refractivity contribution in [2.75, 3.05) is 24.5 Å². The summed E-state index contributed by atoms with van der Waals surface area (Å²) in [6.07, 6.45) is 2.42. The van der Waals surface area contributed by atoms with Gasteiger partial charge in [0.05, 0.1) is 12.1 Å². The number of carbonyl (C=O) groups is 1. The number of rotatable bonds is 7. The maximum Gasteiger partial charge on any atom is 0.273 e. The van der Waals surface area contributed by atoms with Gasteiger partial charge in [-0.05, 0) is 54.3 Å². The van der Waals surface area contributed by atoms with Crippen LogP contribution >= 0.6 is 11.3 Å². The number of piperidine rings is 1. The van der Waals surface area contributed by atoms with Gasteiger partial charge in [-0.25, -0.2) is 9.37 Å². The first kappa shape index (κ1) is 22.5. The number of nitrogens with one attached hydrogen (secondary N) is 1. The van der Waals surface area contributed by atoms with Gasteiger partial charge < -0.3 is 10.2 Å². The van der Waals surface area contributed by atoms with Crippen molar-refractivity contribution in [2.24, 2.45) is 11.8 Å². The standard InChI is InChI=1S/C24H29FN4O2S/c1-16(2)7-11-26-22(30)18-8-12-28(13-9-18)24-27-20-10-14-32-21(20)23(31)29(24)15-17-3-5-19(25)6-4-17/h3-6,10,14,16,18H,7-9,11-13,15H2,1-2H3,(H,26,30). The molecule has 2 aromatic heterocycles. The Labute approximate surface area is 191 Å². The summed E-state index contributed by atoms with van der Waals surface area (Å²) in [6.45, 7) is 6.65. The number of fused-ring (bicyclic) bond motifs is 1. The third-order valence-corrected chi connectivity index (χ3v) is 6.86. The molecular weight excluding hydrogens is 427 g/mol. The predicted octanol–water partition coefficient (Wildman–Crippen LogP) is 4.02. The zero-order valence-corrected chi connectivity index (χ0v) is 19.3. The predicted molar refractivity (Wildman–Crippen MR) is 127 cm³/mol. The number of hydrogen-bond acceptors (Lipinski definition) is 5. The van der Waals surface area contributed by atoms with Crippen LogP contribution in [0.2, 0.25) is 0 Å². The fourth-order valence-electron chi connectivity index (χ4n) is 4.06. The third kappa shape index (κ3) is 5.01. The Morgan fingerprint density at radius 3 is 2.62 bits per heavy atom. The van der Waals surface area contributed by atoms with Gasteiger partial charge in [-0.15, -0.1) is 11.3 Å². The van der Waals surface area contributed by atoms with Gasteiger partial charge in [-0.2, -0.15) is 0 Å². The van der Waals surface area contributed by atoms with E-state index < -0.39 is 0 Å². The van der Waals surface area contributed by atoms with E-state index in [1.807, 2.05) is 11.4 Å². The molecule has 170 valence electrons. The van der Waals surface area contributed by atoms with Crippen molar-refractivity contribution in [1.82, 2.24) is 14.9 Å². The molecule has 4 rings (SSSR count). The number of nitrogens with zero attached hydrogens (tertiary/aromatic N) is 3. The summed E-state index contributed by atoms with van der Waals surface area (Å²) < 4.78 is 15.6. The van der Waals surface area contributed by atoms with Crippen molar-refractivity contribution < 1.29 is 9.18 Å². The van der Waals surface area contributed by atoms with E-state index in [1.54, 1.807) is 16.7 Å². The number of thiophene rings is 1. The van der Waals surface area contributed by atoms with Gasteiger partial charge in [-0.3, -0.25) is 14.2 Å². The van der Waals surface area contributed by atoms with Crippen LogP contribution in [0.5, 0.6) is 0 Å². The Kier molecular flexibility index (Phi) is 6.89. The average Bonchev–Trinajstić information content (AvgIpc) is 3.26. The van der Waals surface area contributed by atoms with Crippen LogP contribution in [-0.4, -0.2) is 35.1 Å². The summed E-state index contributed by atoms with van der Waals surface area (Å²) >= 11 is 1.38. The first-order valence-electron chi connectivity index (χ1n) is 11.2. The molecule has 1 amide bonds. The molecule has 0 spiro atoms. The normalized spacial score (nSPS) is 14.9. The lowest BCUT2D eigenvalue weighted by Crippen LogP contribution is -2.43. The third-order valence-electron chi connectivity index (χ3n) is 5.97. The number of amides is 1. The second-order valence-electron chi connectivity index (χ2n) is 8.80. The SMILES string of the molecule is CC(C)CCNC(=O)C1CCN(c2nc3ccsc3c(=O)n2Cc2ccc(F)cc2)CC1. The highest BCUT2D eigenvalue weighted by atomic mass is 32.1. The van der Waals surface area contributed by atoms with E-state index in [1.165, 1.54) is 23.5 Å². The van der Waals surface area contributed by atoms with Gasteiger partial charge in [0.15, 0.2) is 0 Å². The molecule has 0 aliphatic carbocycles. The van der Waals surface area contributed by atoms with Gasteiger partial charge in [0, 0.05) is 25.6 Å². The molecule has 6 nitrogen and oxygen atoms in total. The second-order valence-corrected chi connectivity index (χ2v) is 9.72. The van der Waals surface area contributed by atoms with Crippen LogP contribution in [0.1, 0.15) is 38.7 Å². The highest BCUT2D eigenvalue weighted by molar-refractivity contribution is 7.17.